The number of amides is 3. The first-order valence-corrected chi connectivity index (χ1v) is 8.98. The first-order chi connectivity index (χ1) is 11.7. The minimum Gasteiger partial charge on any atom is -0.354 e. The molecule has 3 fully saturated rings. The second kappa shape index (κ2) is 5.76. The van der Waals surface area contributed by atoms with E-state index in [9.17, 15) is 9.59 Å². The van der Waals surface area contributed by atoms with Crippen molar-refractivity contribution in [1.29, 1.82) is 0 Å². The number of rotatable bonds is 4. The molecule has 3 aliphatic heterocycles. The van der Waals surface area contributed by atoms with Gasteiger partial charge < -0.3 is 9.80 Å². The molecular weight excluding hydrogens is 304 g/mol. The lowest BCUT2D eigenvalue weighted by Gasteiger charge is -2.27. The Hall–Kier alpha value is -2.11. The largest absolute Gasteiger partial charge is 0.354 e. The summed E-state index contributed by atoms with van der Waals surface area (Å²) in [6.45, 7) is 4.33. The Morgan fingerprint density at radius 1 is 1.29 bits per heavy atom. The Morgan fingerprint density at radius 3 is 2.92 bits per heavy atom. The number of carbonyl (C=O) groups excluding carboxylic acids is 2. The molecule has 2 atom stereocenters. The standard InChI is InChI=1S/C18H24N4O2/c1-2-8-18-9-5-11-21(18)17(24)22(16(18)23)14-7-12-20(13-14)15-6-3-4-10-19-15/h3-4,6,10,14H,2,5,7-9,11-13H2,1H3/t14-,18-/m0/s1. The lowest BCUT2D eigenvalue weighted by atomic mass is 9.90. The molecule has 128 valence electrons. The van der Waals surface area contributed by atoms with Gasteiger partial charge >= 0.3 is 6.03 Å². The number of aromatic nitrogens is 1. The molecule has 0 radical (unpaired) electrons. The number of fused-ring (bicyclic) bond motifs is 1. The Balaban J connectivity index is 1.55. The molecule has 1 aromatic rings. The third-order valence-corrected chi connectivity index (χ3v) is 5.71. The average Bonchev–Trinajstić information content (AvgIpc) is 3.27. The van der Waals surface area contributed by atoms with Crippen molar-refractivity contribution in [3.63, 3.8) is 0 Å². The molecule has 6 heteroatoms. The van der Waals surface area contributed by atoms with Crippen molar-refractivity contribution in [1.82, 2.24) is 14.8 Å². The average molecular weight is 328 g/mol. The molecule has 1 aromatic heterocycles. The summed E-state index contributed by atoms with van der Waals surface area (Å²) in [5, 5.41) is 0. The number of urea groups is 1. The highest BCUT2D eigenvalue weighted by molar-refractivity contribution is 6.07. The van der Waals surface area contributed by atoms with Crippen LogP contribution in [0.2, 0.25) is 0 Å². The van der Waals surface area contributed by atoms with Crippen LogP contribution >= 0.6 is 0 Å². The lowest BCUT2D eigenvalue weighted by molar-refractivity contribution is -0.134. The zero-order chi connectivity index (χ0) is 16.7. The van der Waals surface area contributed by atoms with Crippen molar-refractivity contribution < 1.29 is 9.59 Å². The Kier molecular flexibility index (Phi) is 3.70. The second-order valence-corrected chi connectivity index (χ2v) is 7.07. The summed E-state index contributed by atoms with van der Waals surface area (Å²) < 4.78 is 0. The molecule has 0 aromatic carbocycles. The fraction of sp³-hybridized carbons (Fsp3) is 0.611. The molecule has 4 heterocycles. The molecule has 0 aliphatic carbocycles. The molecule has 24 heavy (non-hydrogen) atoms. The highest BCUT2D eigenvalue weighted by Crippen LogP contribution is 2.42. The van der Waals surface area contributed by atoms with E-state index >= 15 is 0 Å². The third-order valence-electron chi connectivity index (χ3n) is 5.71. The second-order valence-electron chi connectivity index (χ2n) is 7.07. The number of anilines is 1. The lowest BCUT2D eigenvalue weighted by Crippen LogP contribution is -2.46. The summed E-state index contributed by atoms with van der Waals surface area (Å²) in [7, 11) is 0. The maximum absolute atomic E-state index is 13.2. The molecule has 3 saturated heterocycles. The van der Waals surface area contributed by atoms with Crippen LogP contribution in [0.25, 0.3) is 0 Å². The van der Waals surface area contributed by atoms with Crippen molar-refractivity contribution in [2.45, 2.75) is 50.6 Å². The van der Waals surface area contributed by atoms with Gasteiger partial charge in [0.05, 0.1) is 6.04 Å². The summed E-state index contributed by atoms with van der Waals surface area (Å²) in [4.78, 5) is 36.0. The van der Waals surface area contributed by atoms with Gasteiger partial charge in [-0.2, -0.15) is 0 Å². The number of carbonyl (C=O) groups is 2. The summed E-state index contributed by atoms with van der Waals surface area (Å²) in [5.74, 6) is 0.961. The molecule has 0 saturated carbocycles. The van der Waals surface area contributed by atoms with Crippen LogP contribution in [0.4, 0.5) is 10.6 Å². The molecule has 3 amide bonds. The van der Waals surface area contributed by atoms with E-state index in [4.69, 9.17) is 0 Å². The van der Waals surface area contributed by atoms with Crippen molar-refractivity contribution in [2.75, 3.05) is 24.5 Å². The Morgan fingerprint density at radius 2 is 2.17 bits per heavy atom. The Bertz CT molecular complexity index is 650. The van der Waals surface area contributed by atoms with E-state index in [-0.39, 0.29) is 18.0 Å². The van der Waals surface area contributed by atoms with Gasteiger partial charge in [0.15, 0.2) is 0 Å². The SMILES string of the molecule is CCC[C@@]12CCCN1C(=O)N([C@H]1CCN(c3ccccn3)C1)C2=O. The van der Waals surface area contributed by atoms with Crippen LogP contribution in [0.15, 0.2) is 24.4 Å². The molecule has 0 unspecified atom stereocenters. The van der Waals surface area contributed by atoms with Crippen molar-refractivity contribution >= 4 is 17.8 Å². The first-order valence-electron chi connectivity index (χ1n) is 8.98. The van der Waals surface area contributed by atoms with Gasteiger partial charge in [0, 0.05) is 25.8 Å². The predicted molar refractivity (Wildman–Crippen MR) is 90.7 cm³/mol. The van der Waals surface area contributed by atoms with Crippen LogP contribution < -0.4 is 4.90 Å². The van der Waals surface area contributed by atoms with Crippen LogP contribution in [-0.2, 0) is 4.79 Å². The fourth-order valence-corrected chi connectivity index (χ4v) is 4.62. The number of pyridine rings is 1. The van der Waals surface area contributed by atoms with E-state index < -0.39 is 5.54 Å². The van der Waals surface area contributed by atoms with Crippen LogP contribution in [0.1, 0.15) is 39.0 Å². The van der Waals surface area contributed by atoms with Crippen LogP contribution in [0.5, 0.6) is 0 Å². The van der Waals surface area contributed by atoms with Gasteiger partial charge in [-0.1, -0.05) is 19.4 Å². The molecule has 6 nitrogen and oxygen atoms in total. The van der Waals surface area contributed by atoms with E-state index in [1.807, 2.05) is 23.1 Å². The molecular formula is C18H24N4O2. The first kappa shape index (κ1) is 15.4. The number of imide groups is 1. The van der Waals surface area contributed by atoms with Gasteiger partial charge in [0.1, 0.15) is 11.4 Å². The van der Waals surface area contributed by atoms with Crippen LogP contribution in [-0.4, -0.2) is 57.9 Å². The summed E-state index contributed by atoms with van der Waals surface area (Å²) in [6.07, 6.45) is 6.07. The minimum atomic E-state index is -0.551. The highest BCUT2D eigenvalue weighted by Gasteiger charge is 2.60. The topological polar surface area (TPSA) is 56.8 Å². The quantitative estimate of drug-likeness (QED) is 0.796. The van der Waals surface area contributed by atoms with Crippen molar-refractivity contribution in [3.8, 4) is 0 Å². The Labute approximate surface area is 142 Å². The van der Waals surface area contributed by atoms with Gasteiger partial charge in [-0.25, -0.2) is 9.78 Å². The zero-order valence-electron chi connectivity index (χ0n) is 14.1. The number of hydrogen-bond acceptors (Lipinski definition) is 4. The monoisotopic (exact) mass is 328 g/mol. The van der Waals surface area contributed by atoms with Gasteiger partial charge in [-0.3, -0.25) is 9.69 Å². The van der Waals surface area contributed by atoms with E-state index in [0.717, 1.165) is 51.0 Å². The van der Waals surface area contributed by atoms with Crippen LogP contribution in [0.3, 0.4) is 0 Å². The molecule has 3 aliphatic rings. The van der Waals surface area contributed by atoms with Crippen molar-refractivity contribution in [3.05, 3.63) is 24.4 Å². The normalized spacial score (nSPS) is 29.7. The molecule has 0 N–H and O–H groups in total. The van der Waals surface area contributed by atoms with E-state index in [0.29, 0.717) is 6.54 Å². The third kappa shape index (κ3) is 2.12. The number of hydrogen-bond donors (Lipinski definition) is 0. The maximum atomic E-state index is 13.2. The summed E-state index contributed by atoms with van der Waals surface area (Å²) in [5.41, 5.74) is -0.551. The maximum Gasteiger partial charge on any atom is 0.327 e. The van der Waals surface area contributed by atoms with E-state index in [2.05, 4.69) is 16.8 Å². The van der Waals surface area contributed by atoms with Crippen molar-refractivity contribution in [2.24, 2.45) is 0 Å². The summed E-state index contributed by atoms with van der Waals surface area (Å²) >= 11 is 0. The smallest absolute Gasteiger partial charge is 0.327 e. The predicted octanol–water partition coefficient (Wildman–Crippen LogP) is 2.26. The minimum absolute atomic E-state index is 0.0358. The van der Waals surface area contributed by atoms with Gasteiger partial charge in [0.25, 0.3) is 5.91 Å². The van der Waals surface area contributed by atoms with Crippen LogP contribution in [0, 0.1) is 0 Å². The van der Waals surface area contributed by atoms with E-state index in [1.54, 1.807) is 11.1 Å². The highest BCUT2D eigenvalue weighted by atomic mass is 16.2. The van der Waals surface area contributed by atoms with E-state index in [1.165, 1.54) is 0 Å². The summed E-state index contributed by atoms with van der Waals surface area (Å²) in [6, 6.07) is 5.74. The fourth-order valence-electron chi connectivity index (χ4n) is 4.62. The molecule has 0 bridgehead atoms. The zero-order valence-corrected chi connectivity index (χ0v) is 14.1. The number of nitrogens with zero attached hydrogens (tertiary/aromatic N) is 4. The van der Waals surface area contributed by atoms with Gasteiger partial charge in [0.2, 0.25) is 0 Å². The molecule has 0 spiro atoms. The molecule has 4 rings (SSSR count). The van der Waals surface area contributed by atoms with Gasteiger partial charge in [-0.15, -0.1) is 0 Å². The van der Waals surface area contributed by atoms with Gasteiger partial charge in [-0.05, 0) is 37.8 Å².